The normalized spacial score (nSPS) is 18.0. The van der Waals surface area contributed by atoms with E-state index in [-0.39, 0.29) is 0 Å². The molecule has 0 spiro atoms. The van der Waals surface area contributed by atoms with Crippen molar-refractivity contribution in [1.29, 1.82) is 0 Å². The SMILES string of the molecule is CC1CN(CCCOC(=O)Nc2ccc(Cl)cc2)CCN1Cc1ccccc1. The third-order valence-corrected chi connectivity index (χ3v) is 5.27. The van der Waals surface area contributed by atoms with Crippen LogP contribution in [0.4, 0.5) is 10.5 Å². The molecule has 1 aliphatic heterocycles. The van der Waals surface area contributed by atoms with Crippen LogP contribution in [0, 0.1) is 0 Å². The Hall–Kier alpha value is -2.08. The minimum atomic E-state index is -0.427. The predicted molar refractivity (Wildman–Crippen MR) is 114 cm³/mol. The maximum Gasteiger partial charge on any atom is 0.411 e. The molecule has 1 atom stereocenters. The Kier molecular flexibility index (Phi) is 7.71. The molecule has 0 aliphatic carbocycles. The summed E-state index contributed by atoms with van der Waals surface area (Å²) in [5, 5.41) is 3.34. The van der Waals surface area contributed by atoms with E-state index in [2.05, 4.69) is 52.4 Å². The van der Waals surface area contributed by atoms with Crippen molar-refractivity contribution < 1.29 is 9.53 Å². The second-order valence-corrected chi connectivity index (χ2v) is 7.66. The summed E-state index contributed by atoms with van der Waals surface area (Å²) in [7, 11) is 0. The summed E-state index contributed by atoms with van der Waals surface area (Å²) >= 11 is 5.83. The lowest BCUT2D eigenvalue weighted by atomic mass is 10.1. The van der Waals surface area contributed by atoms with Crippen LogP contribution < -0.4 is 5.32 Å². The van der Waals surface area contributed by atoms with Crippen LogP contribution in [0.5, 0.6) is 0 Å². The number of rotatable bonds is 7. The molecule has 1 heterocycles. The quantitative estimate of drug-likeness (QED) is 0.694. The highest BCUT2D eigenvalue weighted by atomic mass is 35.5. The second kappa shape index (κ2) is 10.5. The van der Waals surface area contributed by atoms with Crippen molar-refractivity contribution in [3.8, 4) is 0 Å². The summed E-state index contributed by atoms with van der Waals surface area (Å²) in [6.45, 7) is 7.80. The van der Waals surface area contributed by atoms with E-state index in [4.69, 9.17) is 16.3 Å². The van der Waals surface area contributed by atoms with Gasteiger partial charge in [0, 0.05) is 49.5 Å². The van der Waals surface area contributed by atoms with Crippen LogP contribution in [0.15, 0.2) is 54.6 Å². The third kappa shape index (κ3) is 6.51. The highest BCUT2D eigenvalue weighted by Gasteiger charge is 2.23. The molecule has 0 bridgehead atoms. The fourth-order valence-electron chi connectivity index (χ4n) is 3.47. The number of amides is 1. The maximum atomic E-state index is 11.8. The minimum Gasteiger partial charge on any atom is -0.449 e. The van der Waals surface area contributed by atoms with Crippen LogP contribution in [0.3, 0.4) is 0 Å². The first-order valence-electron chi connectivity index (χ1n) is 9.80. The molecule has 150 valence electrons. The molecule has 1 fully saturated rings. The van der Waals surface area contributed by atoms with Gasteiger partial charge in [0.15, 0.2) is 0 Å². The first-order valence-corrected chi connectivity index (χ1v) is 10.2. The highest BCUT2D eigenvalue weighted by Crippen LogP contribution is 2.15. The molecule has 1 amide bonds. The molecule has 2 aromatic carbocycles. The molecule has 0 radical (unpaired) electrons. The third-order valence-electron chi connectivity index (χ3n) is 5.02. The van der Waals surface area contributed by atoms with E-state index in [9.17, 15) is 4.79 Å². The summed E-state index contributed by atoms with van der Waals surface area (Å²) in [6.07, 6.45) is 0.405. The smallest absolute Gasteiger partial charge is 0.411 e. The van der Waals surface area contributed by atoms with Gasteiger partial charge in [0.2, 0.25) is 0 Å². The molecule has 3 rings (SSSR count). The molecular formula is C22H28ClN3O2. The topological polar surface area (TPSA) is 44.8 Å². The lowest BCUT2D eigenvalue weighted by Gasteiger charge is -2.40. The van der Waals surface area contributed by atoms with E-state index in [1.54, 1.807) is 24.3 Å². The molecule has 28 heavy (non-hydrogen) atoms. The van der Waals surface area contributed by atoms with E-state index in [0.29, 0.717) is 23.4 Å². The van der Waals surface area contributed by atoms with Gasteiger partial charge in [-0.05, 0) is 43.2 Å². The molecule has 6 heteroatoms. The van der Waals surface area contributed by atoms with Crippen molar-refractivity contribution in [1.82, 2.24) is 9.80 Å². The lowest BCUT2D eigenvalue weighted by Crippen LogP contribution is -2.51. The zero-order chi connectivity index (χ0) is 19.8. The van der Waals surface area contributed by atoms with Gasteiger partial charge >= 0.3 is 6.09 Å². The number of anilines is 1. The van der Waals surface area contributed by atoms with Crippen LogP contribution in [0.25, 0.3) is 0 Å². The van der Waals surface area contributed by atoms with E-state index in [1.807, 2.05) is 0 Å². The molecule has 1 aliphatic rings. The fourth-order valence-corrected chi connectivity index (χ4v) is 3.59. The number of benzene rings is 2. The number of halogens is 1. The summed E-state index contributed by atoms with van der Waals surface area (Å²) in [5.74, 6) is 0. The number of nitrogens with zero attached hydrogens (tertiary/aromatic N) is 2. The number of hydrogen-bond acceptors (Lipinski definition) is 4. The Morgan fingerprint density at radius 2 is 1.89 bits per heavy atom. The van der Waals surface area contributed by atoms with Gasteiger partial charge in [0.25, 0.3) is 0 Å². The monoisotopic (exact) mass is 401 g/mol. The summed E-state index contributed by atoms with van der Waals surface area (Å²) in [4.78, 5) is 16.8. The van der Waals surface area contributed by atoms with Crippen molar-refractivity contribution in [3.63, 3.8) is 0 Å². The van der Waals surface area contributed by atoms with Gasteiger partial charge in [-0.3, -0.25) is 10.2 Å². The van der Waals surface area contributed by atoms with E-state index >= 15 is 0 Å². The van der Waals surface area contributed by atoms with Crippen molar-refractivity contribution in [2.24, 2.45) is 0 Å². The van der Waals surface area contributed by atoms with E-state index in [1.165, 1.54) is 5.56 Å². The van der Waals surface area contributed by atoms with Crippen molar-refractivity contribution in [2.75, 3.05) is 38.1 Å². The first-order chi connectivity index (χ1) is 13.6. The Bertz CT molecular complexity index is 739. The van der Waals surface area contributed by atoms with E-state index in [0.717, 1.165) is 39.1 Å². The van der Waals surface area contributed by atoms with Gasteiger partial charge in [0.05, 0.1) is 6.61 Å². The molecule has 1 unspecified atom stereocenters. The standard InChI is InChI=1S/C22H28ClN3O2/c1-18-16-25(13-14-26(18)17-19-6-3-2-4-7-19)12-5-15-28-22(27)24-21-10-8-20(23)9-11-21/h2-4,6-11,18H,5,12-17H2,1H3,(H,24,27). The van der Waals surface area contributed by atoms with Gasteiger partial charge in [-0.25, -0.2) is 4.79 Å². The average Bonchev–Trinajstić information content (AvgIpc) is 2.70. The molecule has 5 nitrogen and oxygen atoms in total. The van der Waals surface area contributed by atoms with Crippen LogP contribution in [-0.4, -0.2) is 54.7 Å². The molecular weight excluding hydrogens is 374 g/mol. The molecule has 0 saturated carbocycles. The van der Waals surface area contributed by atoms with Crippen LogP contribution in [0.2, 0.25) is 5.02 Å². The van der Waals surface area contributed by atoms with Gasteiger partial charge in [-0.2, -0.15) is 0 Å². The number of carbonyl (C=O) groups excluding carboxylic acids is 1. The average molecular weight is 402 g/mol. The minimum absolute atomic E-state index is 0.415. The number of piperazine rings is 1. The fraction of sp³-hybridized carbons (Fsp3) is 0.409. The van der Waals surface area contributed by atoms with Crippen LogP contribution in [-0.2, 0) is 11.3 Å². The van der Waals surface area contributed by atoms with Crippen molar-refractivity contribution >= 4 is 23.4 Å². The number of carbonyl (C=O) groups is 1. The molecule has 1 saturated heterocycles. The molecule has 1 N–H and O–H groups in total. The number of hydrogen-bond donors (Lipinski definition) is 1. The zero-order valence-electron chi connectivity index (χ0n) is 16.3. The summed E-state index contributed by atoms with van der Waals surface area (Å²) in [5.41, 5.74) is 2.04. The van der Waals surface area contributed by atoms with Crippen LogP contribution >= 0.6 is 11.6 Å². The zero-order valence-corrected chi connectivity index (χ0v) is 17.1. The summed E-state index contributed by atoms with van der Waals surface area (Å²) < 4.78 is 5.27. The first kappa shape index (κ1) is 20.6. The van der Waals surface area contributed by atoms with Gasteiger partial charge < -0.3 is 9.64 Å². The maximum absolute atomic E-state index is 11.8. The Morgan fingerprint density at radius 3 is 2.61 bits per heavy atom. The number of ether oxygens (including phenoxy) is 1. The summed E-state index contributed by atoms with van der Waals surface area (Å²) in [6, 6.07) is 18.1. The van der Waals surface area contributed by atoms with Gasteiger partial charge in [0.1, 0.15) is 0 Å². The van der Waals surface area contributed by atoms with Crippen LogP contribution in [0.1, 0.15) is 18.9 Å². The Labute approximate surface area is 172 Å². The van der Waals surface area contributed by atoms with Crippen molar-refractivity contribution in [2.45, 2.75) is 25.9 Å². The Morgan fingerprint density at radius 1 is 1.14 bits per heavy atom. The van der Waals surface area contributed by atoms with Gasteiger partial charge in [-0.15, -0.1) is 0 Å². The second-order valence-electron chi connectivity index (χ2n) is 7.23. The predicted octanol–water partition coefficient (Wildman–Crippen LogP) is 4.48. The lowest BCUT2D eigenvalue weighted by molar-refractivity contribution is 0.0721. The van der Waals surface area contributed by atoms with E-state index < -0.39 is 6.09 Å². The largest absolute Gasteiger partial charge is 0.449 e. The molecule has 0 aromatic heterocycles. The van der Waals surface area contributed by atoms with Gasteiger partial charge in [-0.1, -0.05) is 41.9 Å². The molecule has 2 aromatic rings. The van der Waals surface area contributed by atoms with Crippen molar-refractivity contribution in [3.05, 3.63) is 65.2 Å². The number of nitrogens with one attached hydrogen (secondary N) is 1. The highest BCUT2D eigenvalue weighted by molar-refractivity contribution is 6.30. The Balaban J connectivity index is 1.31.